The van der Waals surface area contributed by atoms with Gasteiger partial charge in [-0.15, -0.1) is 0 Å². The summed E-state index contributed by atoms with van der Waals surface area (Å²) in [4.78, 5) is 45.0. The Kier molecular flexibility index (Phi) is 4.63. The smallest absolute Gasteiger partial charge is 0.335 e. The topological polar surface area (TPSA) is 103 Å². The standard InChI is InChI=1S/C27H21N3O5/c1-35-18-6-4-5-16(13-18)24-23-20(19-7-2-3-8-21(19)28-23)14-22-25(31)29(27(34)30(22)24)17-11-9-15(10-12-17)26(32)33/h2-13,22,24,28H,14H2,1H3,(H,32,33)/t22-,24+/m1/s1. The number of benzene rings is 3. The molecule has 0 aliphatic carbocycles. The molecule has 0 radical (unpaired) electrons. The lowest BCUT2D eigenvalue weighted by Gasteiger charge is -2.36. The zero-order valence-electron chi connectivity index (χ0n) is 18.8. The maximum atomic E-state index is 13.8. The molecule has 1 aromatic heterocycles. The van der Waals surface area contributed by atoms with E-state index < -0.39 is 24.1 Å². The number of urea groups is 1. The molecule has 174 valence electrons. The number of carbonyl (C=O) groups excluding carboxylic acids is 2. The highest BCUT2D eigenvalue weighted by molar-refractivity contribution is 6.22. The number of methoxy groups -OCH3 is 1. The molecule has 8 heteroatoms. The van der Waals surface area contributed by atoms with Crippen LogP contribution in [-0.4, -0.2) is 46.0 Å². The number of fused-ring (bicyclic) bond motifs is 4. The summed E-state index contributed by atoms with van der Waals surface area (Å²) in [6.07, 6.45) is 0.383. The van der Waals surface area contributed by atoms with E-state index in [2.05, 4.69) is 4.98 Å². The summed E-state index contributed by atoms with van der Waals surface area (Å²) < 4.78 is 5.43. The Balaban J connectivity index is 1.51. The molecular weight excluding hydrogens is 446 g/mol. The van der Waals surface area contributed by atoms with Crippen molar-refractivity contribution in [3.63, 3.8) is 0 Å². The van der Waals surface area contributed by atoms with Gasteiger partial charge in [0.15, 0.2) is 0 Å². The zero-order valence-corrected chi connectivity index (χ0v) is 18.8. The van der Waals surface area contributed by atoms with E-state index in [0.29, 0.717) is 17.9 Å². The average Bonchev–Trinajstić information content (AvgIpc) is 3.37. The Morgan fingerprint density at radius 3 is 2.54 bits per heavy atom. The number of rotatable bonds is 4. The molecule has 2 aliphatic rings. The number of nitrogens with zero attached hydrogens (tertiary/aromatic N) is 2. The van der Waals surface area contributed by atoms with Crippen molar-refractivity contribution >= 4 is 34.5 Å². The molecule has 35 heavy (non-hydrogen) atoms. The normalized spacial score (nSPS) is 19.1. The molecule has 2 atom stereocenters. The van der Waals surface area contributed by atoms with Gasteiger partial charge in [-0.25, -0.2) is 14.5 Å². The van der Waals surface area contributed by atoms with Gasteiger partial charge in [-0.3, -0.25) is 9.69 Å². The summed E-state index contributed by atoms with van der Waals surface area (Å²) in [6, 6.07) is 19.5. The fourth-order valence-corrected chi connectivity index (χ4v) is 5.22. The Morgan fingerprint density at radius 2 is 1.80 bits per heavy atom. The molecule has 3 aromatic carbocycles. The van der Waals surface area contributed by atoms with Crippen LogP contribution in [0.5, 0.6) is 5.75 Å². The largest absolute Gasteiger partial charge is 0.497 e. The monoisotopic (exact) mass is 467 g/mol. The third-order valence-corrected chi connectivity index (χ3v) is 6.83. The molecule has 0 unspecified atom stereocenters. The number of carboxylic acids is 1. The van der Waals surface area contributed by atoms with Gasteiger partial charge in [-0.2, -0.15) is 0 Å². The van der Waals surface area contributed by atoms with Crippen LogP contribution < -0.4 is 9.64 Å². The minimum Gasteiger partial charge on any atom is -0.497 e. The van der Waals surface area contributed by atoms with E-state index in [0.717, 1.165) is 32.6 Å². The molecule has 6 rings (SSSR count). The first-order valence-corrected chi connectivity index (χ1v) is 11.2. The fourth-order valence-electron chi connectivity index (χ4n) is 5.22. The third kappa shape index (κ3) is 3.10. The predicted octanol–water partition coefficient (Wildman–Crippen LogP) is 4.36. The fraction of sp³-hybridized carbons (Fsp3) is 0.148. The molecule has 2 N–H and O–H groups in total. The number of hydrogen-bond donors (Lipinski definition) is 2. The van der Waals surface area contributed by atoms with Crippen LogP contribution in [0.25, 0.3) is 10.9 Å². The number of anilines is 1. The van der Waals surface area contributed by atoms with Crippen LogP contribution >= 0.6 is 0 Å². The van der Waals surface area contributed by atoms with Crippen LogP contribution in [0.3, 0.4) is 0 Å². The highest BCUT2D eigenvalue weighted by atomic mass is 16.5. The summed E-state index contributed by atoms with van der Waals surface area (Å²) >= 11 is 0. The van der Waals surface area contributed by atoms with Crippen LogP contribution in [0, 0.1) is 0 Å². The van der Waals surface area contributed by atoms with Gasteiger partial charge in [0.2, 0.25) is 0 Å². The predicted molar refractivity (Wildman–Crippen MR) is 129 cm³/mol. The summed E-state index contributed by atoms with van der Waals surface area (Å²) in [7, 11) is 1.59. The van der Waals surface area contributed by atoms with Gasteiger partial charge in [0.25, 0.3) is 5.91 Å². The number of imide groups is 1. The second kappa shape index (κ2) is 7.73. The third-order valence-electron chi connectivity index (χ3n) is 6.83. The molecule has 0 spiro atoms. The maximum Gasteiger partial charge on any atom is 0.335 e. The number of amides is 3. The summed E-state index contributed by atoms with van der Waals surface area (Å²) in [6.45, 7) is 0. The quantitative estimate of drug-likeness (QED) is 0.434. The lowest BCUT2D eigenvalue weighted by molar-refractivity contribution is -0.120. The minimum absolute atomic E-state index is 0.0845. The van der Waals surface area contributed by atoms with Gasteiger partial charge in [0.05, 0.1) is 18.4 Å². The van der Waals surface area contributed by atoms with Gasteiger partial charge >= 0.3 is 12.0 Å². The van der Waals surface area contributed by atoms with Crippen molar-refractivity contribution in [1.82, 2.24) is 9.88 Å². The number of hydrogen-bond acceptors (Lipinski definition) is 4. The van der Waals surface area contributed by atoms with Crippen molar-refractivity contribution in [1.29, 1.82) is 0 Å². The molecule has 1 fully saturated rings. The molecule has 3 heterocycles. The van der Waals surface area contributed by atoms with Crippen LogP contribution in [0.2, 0.25) is 0 Å². The molecular formula is C27H21N3O5. The Morgan fingerprint density at radius 1 is 1.03 bits per heavy atom. The number of H-pyrrole nitrogens is 1. The zero-order chi connectivity index (χ0) is 24.3. The Hall–Kier alpha value is -4.59. The molecule has 3 amide bonds. The molecule has 8 nitrogen and oxygen atoms in total. The Bertz CT molecular complexity index is 1510. The van der Waals surface area contributed by atoms with Crippen LogP contribution in [0.15, 0.2) is 72.8 Å². The summed E-state index contributed by atoms with van der Waals surface area (Å²) in [5.41, 5.74) is 4.09. The van der Waals surface area contributed by atoms with Crippen molar-refractivity contribution in [3.8, 4) is 5.75 Å². The Labute approximate surface area is 200 Å². The van der Waals surface area contributed by atoms with E-state index in [1.165, 1.54) is 24.3 Å². The lowest BCUT2D eigenvalue weighted by Crippen LogP contribution is -2.44. The van der Waals surface area contributed by atoms with Gasteiger partial charge in [-0.1, -0.05) is 30.3 Å². The summed E-state index contributed by atoms with van der Waals surface area (Å²) in [5, 5.41) is 10.2. The van der Waals surface area contributed by atoms with Crippen LogP contribution in [0.4, 0.5) is 10.5 Å². The molecule has 1 saturated heterocycles. The number of carboxylic acid groups (broad SMARTS) is 1. The average molecular weight is 467 g/mol. The van der Waals surface area contributed by atoms with Crippen molar-refractivity contribution < 1.29 is 24.2 Å². The van der Waals surface area contributed by atoms with Gasteiger partial charge < -0.3 is 14.8 Å². The van der Waals surface area contributed by atoms with E-state index >= 15 is 0 Å². The SMILES string of the molecule is COc1cccc([C@H]2c3[nH]c4ccccc4c3C[C@@H]3C(=O)N(c4ccc(C(=O)O)cc4)C(=O)N23)c1. The van der Waals surface area contributed by atoms with Crippen molar-refractivity contribution in [2.24, 2.45) is 0 Å². The first kappa shape index (κ1) is 21.0. The number of nitrogens with one attached hydrogen (secondary N) is 1. The number of aromatic amines is 1. The number of ether oxygens (including phenoxy) is 1. The highest BCUT2D eigenvalue weighted by Crippen LogP contribution is 2.45. The van der Waals surface area contributed by atoms with Crippen molar-refractivity contribution in [2.45, 2.75) is 18.5 Å². The van der Waals surface area contributed by atoms with E-state index in [1.54, 1.807) is 12.0 Å². The van der Waals surface area contributed by atoms with Crippen molar-refractivity contribution in [3.05, 3.63) is 95.2 Å². The molecule has 0 saturated carbocycles. The second-order valence-electron chi connectivity index (χ2n) is 8.68. The van der Waals surface area contributed by atoms with Crippen LogP contribution in [0.1, 0.15) is 33.2 Å². The lowest BCUT2D eigenvalue weighted by atomic mass is 9.89. The second-order valence-corrected chi connectivity index (χ2v) is 8.68. The van der Waals surface area contributed by atoms with Gasteiger partial charge in [-0.05, 0) is 53.6 Å². The van der Waals surface area contributed by atoms with E-state index in [-0.39, 0.29) is 11.5 Å². The number of aromatic carboxylic acids is 1. The highest BCUT2D eigenvalue weighted by Gasteiger charge is 2.53. The van der Waals surface area contributed by atoms with Crippen molar-refractivity contribution in [2.75, 3.05) is 12.0 Å². The molecule has 4 aromatic rings. The number of para-hydroxylation sites is 1. The van der Waals surface area contributed by atoms with Crippen LogP contribution in [-0.2, 0) is 11.2 Å². The molecule has 0 bridgehead atoms. The maximum absolute atomic E-state index is 13.8. The van der Waals surface area contributed by atoms with E-state index in [4.69, 9.17) is 4.74 Å². The minimum atomic E-state index is -1.07. The first-order chi connectivity index (χ1) is 17.0. The van der Waals surface area contributed by atoms with Gasteiger partial charge in [0, 0.05) is 23.0 Å². The number of aromatic nitrogens is 1. The summed E-state index contributed by atoms with van der Waals surface area (Å²) in [5.74, 6) is -0.750. The van der Waals surface area contributed by atoms with Gasteiger partial charge in [0.1, 0.15) is 17.8 Å². The van der Waals surface area contributed by atoms with E-state index in [1.807, 2.05) is 48.5 Å². The molecule has 2 aliphatic heterocycles. The van der Waals surface area contributed by atoms with E-state index in [9.17, 15) is 19.5 Å². The first-order valence-electron chi connectivity index (χ1n) is 11.2. The number of carbonyl (C=O) groups is 3.